The molecule has 1 aromatic carbocycles. The van der Waals surface area contributed by atoms with Gasteiger partial charge in [-0.05, 0) is 43.5 Å². The van der Waals surface area contributed by atoms with Gasteiger partial charge >= 0.3 is 5.97 Å². The van der Waals surface area contributed by atoms with E-state index in [0.29, 0.717) is 23.2 Å². The van der Waals surface area contributed by atoms with Crippen LogP contribution in [0.4, 0.5) is 0 Å². The van der Waals surface area contributed by atoms with Crippen LogP contribution in [0, 0.1) is 6.92 Å². The van der Waals surface area contributed by atoms with Gasteiger partial charge in [-0.1, -0.05) is 25.4 Å². The summed E-state index contributed by atoms with van der Waals surface area (Å²) in [5.41, 5.74) is 2.32. The fraction of sp³-hybridized carbons (Fsp3) is 0.375. The van der Waals surface area contributed by atoms with Gasteiger partial charge in [-0.2, -0.15) is 0 Å². The molecule has 0 unspecified atom stereocenters. The molecule has 2 rings (SSSR count). The van der Waals surface area contributed by atoms with E-state index in [-0.39, 0.29) is 11.7 Å². The van der Waals surface area contributed by atoms with Gasteiger partial charge in [-0.15, -0.1) is 0 Å². The van der Waals surface area contributed by atoms with Crippen LogP contribution < -0.4 is 0 Å². The van der Waals surface area contributed by atoms with Crippen molar-refractivity contribution >= 4 is 17.6 Å². The van der Waals surface area contributed by atoms with Crippen LogP contribution in [-0.2, 0) is 4.74 Å². The van der Waals surface area contributed by atoms with Crippen molar-refractivity contribution in [1.82, 2.24) is 4.98 Å². The quantitative estimate of drug-likeness (QED) is 0.774. The number of aryl methyl sites for hydroxylation is 1. The third-order valence-corrected chi connectivity index (χ3v) is 3.49. The minimum atomic E-state index is -0.481. The van der Waals surface area contributed by atoms with Crippen LogP contribution >= 0.6 is 11.6 Å². The zero-order chi connectivity index (χ0) is 15.6. The highest BCUT2D eigenvalue weighted by Crippen LogP contribution is 2.29. The maximum Gasteiger partial charge on any atom is 0.376 e. The van der Waals surface area contributed by atoms with Crippen molar-refractivity contribution in [3.63, 3.8) is 0 Å². The third kappa shape index (κ3) is 3.27. The fourth-order valence-electron chi connectivity index (χ4n) is 1.97. The first-order valence-corrected chi connectivity index (χ1v) is 7.26. The summed E-state index contributed by atoms with van der Waals surface area (Å²) in [4.78, 5) is 16.4. The van der Waals surface area contributed by atoms with Crippen molar-refractivity contribution < 1.29 is 13.9 Å². The smallest absolute Gasteiger partial charge is 0.376 e. The number of hydrogen-bond acceptors (Lipinski definition) is 4. The molecule has 0 saturated heterocycles. The SMILES string of the molecule is CCOC(=O)c1oc(-c2ccc(Cl)c(C)c2)nc1C(C)C. The number of benzene rings is 1. The Bertz CT molecular complexity index is 662. The van der Waals surface area contributed by atoms with Crippen LogP contribution in [-0.4, -0.2) is 17.6 Å². The molecule has 0 bridgehead atoms. The first kappa shape index (κ1) is 15.6. The number of ether oxygens (including phenoxy) is 1. The number of esters is 1. The standard InChI is InChI=1S/C16H18ClNO3/c1-5-20-16(19)14-13(9(2)3)18-15(21-14)11-6-7-12(17)10(4)8-11/h6-9H,5H2,1-4H3. The van der Waals surface area contributed by atoms with Gasteiger partial charge in [0.05, 0.1) is 12.3 Å². The highest BCUT2D eigenvalue weighted by atomic mass is 35.5. The number of carbonyl (C=O) groups excluding carboxylic acids is 1. The average molecular weight is 308 g/mol. The molecule has 0 spiro atoms. The maximum atomic E-state index is 12.0. The number of hydrogen-bond donors (Lipinski definition) is 0. The Morgan fingerprint density at radius 1 is 1.43 bits per heavy atom. The first-order valence-electron chi connectivity index (χ1n) is 6.88. The predicted octanol–water partition coefficient (Wildman–Crippen LogP) is 4.60. The van der Waals surface area contributed by atoms with Gasteiger partial charge < -0.3 is 9.15 Å². The minimum Gasteiger partial charge on any atom is -0.460 e. The number of aromatic nitrogens is 1. The normalized spacial score (nSPS) is 11.0. The lowest BCUT2D eigenvalue weighted by molar-refractivity contribution is 0.0488. The lowest BCUT2D eigenvalue weighted by atomic mass is 10.1. The Morgan fingerprint density at radius 3 is 2.71 bits per heavy atom. The summed E-state index contributed by atoms with van der Waals surface area (Å²) in [6.45, 7) is 7.87. The van der Waals surface area contributed by atoms with E-state index in [1.165, 1.54) is 0 Å². The Morgan fingerprint density at radius 2 is 2.14 bits per heavy atom. The van der Waals surface area contributed by atoms with Crippen LogP contribution in [0.25, 0.3) is 11.5 Å². The monoisotopic (exact) mass is 307 g/mol. The van der Waals surface area contributed by atoms with Gasteiger partial charge in [0.2, 0.25) is 11.7 Å². The highest BCUT2D eigenvalue weighted by Gasteiger charge is 2.24. The second-order valence-electron chi connectivity index (χ2n) is 5.07. The third-order valence-electron chi connectivity index (χ3n) is 3.07. The molecular formula is C16H18ClNO3. The van der Waals surface area contributed by atoms with Crippen molar-refractivity contribution in [2.24, 2.45) is 0 Å². The molecule has 0 saturated carbocycles. The molecule has 21 heavy (non-hydrogen) atoms. The van der Waals surface area contributed by atoms with Gasteiger partial charge in [0.1, 0.15) is 0 Å². The molecule has 4 nitrogen and oxygen atoms in total. The maximum absolute atomic E-state index is 12.0. The number of halogens is 1. The van der Waals surface area contributed by atoms with Gasteiger partial charge in [-0.25, -0.2) is 9.78 Å². The molecule has 0 amide bonds. The van der Waals surface area contributed by atoms with Gasteiger partial charge in [0, 0.05) is 10.6 Å². The molecule has 112 valence electrons. The summed E-state index contributed by atoms with van der Waals surface area (Å²) in [5, 5.41) is 0.681. The first-order chi connectivity index (χ1) is 9.93. The van der Waals surface area contributed by atoms with Gasteiger partial charge in [0.15, 0.2) is 0 Å². The topological polar surface area (TPSA) is 52.3 Å². The summed E-state index contributed by atoms with van der Waals surface area (Å²) < 4.78 is 10.7. The summed E-state index contributed by atoms with van der Waals surface area (Å²) in [6, 6.07) is 5.49. The van der Waals surface area contributed by atoms with Crippen LogP contribution in [0.15, 0.2) is 22.6 Å². The van der Waals surface area contributed by atoms with Crippen LogP contribution in [0.3, 0.4) is 0 Å². The molecule has 0 atom stereocenters. The summed E-state index contributed by atoms with van der Waals surface area (Å²) in [6.07, 6.45) is 0. The van der Waals surface area contributed by atoms with Crippen LogP contribution in [0.5, 0.6) is 0 Å². The largest absolute Gasteiger partial charge is 0.460 e. The summed E-state index contributed by atoms with van der Waals surface area (Å²) >= 11 is 6.02. The molecule has 0 radical (unpaired) electrons. The van der Waals surface area contributed by atoms with Crippen molar-refractivity contribution in [1.29, 1.82) is 0 Å². The highest BCUT2D eigenvalue weighted by molar-refractivity contribution is 6.31. The van der Waals surface area contributed by atoms with Crippen LogP contribution in [0.1, 0.15) is 48.5 Å². The van der Waals surface area contributed by atoms with E-state index in [2.05, 4.69) is 4.98 Å². The lowest BCUT2D eigenvalue weighted by Crippen LogP contribution is -2.07. The molecule has 0 N–H and O–H groups in total. The molecule has 0 aliphatic heterocycles. The van der Waals surface area contributed by atoms with E-state index < -0.39 is 5.97 Å². The summed E-state index contributed by atoms with van der Waals surface area (Å²) in [7, 11) is 0. The fourth-order valence-corrected chi connectivity index (χ4v) is 2.08. The van der Waals surface area contributed by atoms with E-state index in [1.807, 2.05) is 32.9 Å². The second-order valence-corrected chi connectivity index (χ2v) is 5.48. The zero-order valence-corrected chi connectivity index (χ0v) is 13.3. The second kappa shape index (κ2) is 6.31. The van der Waals surface area contributed by atoms with Crippen molar-refractivity contribution in [2.75, 3.05) is 6.61 Å². The number of nitrogens with zero attached hydrogens (tertiary/aromatic N) is 1. The summed E-state index contributed by atoms with van der Waals surface area (Å²) in [5.74, 6) is 0.164. The van der Waals surface area contributed by atoms with Crippen LogP contribution in [0.2, 0.25) is 5.02 Å². The molecule has 0 aliphatic carbocycles. The molecule has 5 heteroatoms. The van der Waals surface area contributed by atoms with E-state index in [9.17, 15) is 4.79 Å². The molecule has 2 aromatic rings. The molecule has 1 aromatic heterocycles. The Balaban J connectivity index is 2.48. The Kier molecular flexibility index (Phi) is 4.68. The molecular weight excluding hydrogens is 290 g/mol. The zero-order valence-electron chi connectivity index (χ0n) is 12.6. The molecule has 1 heterocycles. The van der Waals surface area contributed by atoms with Gasteiger partial charge in [0.25, 0.3) is 0 Å². The lowest BCUT2D eigenvalue weighted by Gasteiger charge is -2.02. The van der Waals surface area contributed by atoms with Crippen molar-refractivity contribution in [3.8, 4) is 11.5 Å². The van der Waals surface area contributed by atoms with E-state index in [0.717, 1.165) is 11.1 Å². The molecule has 0 fully saturated rings. The average Bonchev–Trinajstić information content (AvgIpc) is 2.87. The van der Waals surface area contributed by atoms with Gasteiger partial charge in [-0.3, -0.25) is 0 Å². The number of oxazole rings is 1. The minimum absolute atomic E-state index is 0.0651. The Hall–Kier alpha value is -1.81. The number of carbonyl (C=O) groups is 1. The predicted molar refractivity (Wildman–Crippen MR) is 81.7 cm³/mol. The van der Waals surface area contributed by atoms with E-state index in [1.54, 1.807) is 13.0 Å². The van der Waals surface area contributed by atoms with E-state index >= 15 is 0 Å². The van der Waals surface area contributed by atoms with Crippen molar-refractivity contribution in [3.05, 3.63) is 40.2 Å². The van der Waals surface area contributed by atoms with Crippen molar-refractivity contribution in [2.45, 2.75) is 33.6 Å². The molecule has 0 aliphatic rings. The number of rotatable bonds is 4. The van der Waals surface area contributed by atoms with E-state index in [4.69, 9.17) is 20.8 Å². The Labute approximate surface area is 129 Å².